The van der Waals surface area contributed by atoms with Crippen molar-refractivity contribution >= 4 is 38.6 Å². The molecule has 0 heterocycles. The molecule has 0 aromatic heterocycles. The number of hydrogen-bond donors (Lipinski definition) is 0. The third kappa shape index (κ3) is 4.51. The van der Waals surface area contributed by atoms with Gasteiger partial charge in [-0.1, -0.05) is 166 Å². The van der Waals surface area contributed by atoms with Gasteiger partial charge in [0, 0.05) is 27.9 Å². The summed E-state index contributed by atoms with van der Waals surface area (Å²) in [6, 6.07) is 70.9. The van der Waals surface area contributed by atoms with Gasteiger partial charge in [0.2, 0.25) is 0 Å². The number of nitrogens with zero attached hydrogens (tertiary/aromatic N) is 1. The summed E-state index contributed by atoms with van der Waals surface area (Å²) < 4.78 is 0. The third-order valence-corrected chi connectivity index (χ3v) is 13.6. The third-order valence-electron chi connectivity index (χ3n) is 13.6. The lowest BCUT2D eigenvalue weighted by Crippen LogP contribution is -2.24. The van der Waals surface area contributed by atoms with Gasteiger partial charge in [0.15, 0.2) is 0 Å². The van der Waals surface area contributed by atoms with E-state index in [2.05, 4.69) is 207 Å². The molecule has 1 heteroatoms. The number of rotatable bonds is 4. The molecular weight excluding hydrogens is 687 g/mol. The molecule has 3 aliphatic rings. The van der Waals surface area contributed by atoms with Crippen molar-refractivity contribution in [3.8, 4) is 33.4 Å². The predicted molar refractivity (Wildman–Crippen MR) is 239 cm³/mol. The minimum absolute atomic E-state index is 0.111. The van der Waals surface area contributed by atoms with Crippen molar-refractivity contribution in [3.05, 3.63) is 221 Å². The van der Waals surface area contributed by atoms with E-state index in [0.29, 0.717) is 0 Å². The Kier molecular flexibility index (Phi) is 6.79. The molecule has 0 saturated carbocycles. The predicted octanol–water partition coefficient (Wildman–Crippen LogP) is 14.7. The second kappa shape index (κ2) is 11.9. The smallest absolute Gasteiger partial charge is 0.0470 e. The van der Waals surface area contributed by atoms with Crippen molar-refractivity contribution in [1.82, 2.24) is 0 Å². The van der Waals surface area contributed by atoms with Crippen LogP contribution in [0.15, 0.2) is 188 Å². The average Bonchev–Trinajstić information content (AvgIpc) is 3.87. The summed E-state index contributed by atoms with van der Waals surface area (Å²) in [6.07, 6.45) is 2.16. The lowest BCUT2D eigenvalue weighted by molar-refractivity contribution is 0.626. The fourth-order valence-electron chi connectivity index (χ4n) is 11.2. The normalized spacial score (nSPS) is 16.7. The van der Waals surface area contributed by atoms with E-state index in [4.69, 9.17) is 0 Å². The van der Waals surface area contributed by atoms with Crippen LogP contribution in [-0.4, -0.2) is 0 Å². The molecule has 0 bridgehead atoms. The summed E-state index contributed by atoms with van der Waals surface area (Å²) >= 11 is 0. The van der Waals surface area contributed by atoms with E-state index in [1.807, 2.05) is 0 Å². The lowest BCUT2D eigenvalue weighted by Gasteiger charge is -2.31. The molecule has 57 heavy (non-hydrogen) atoms. The van der Waals surface area contributed by atoms with Crippen LogP contribution in [0.3, 0.4) is 0 Å². The highest BCUT2D eigenvalue weighted by molar-refractivity contribution is 6.08. The van der Waals surface area contributed by atoms with Gasteiger partial charge in [0.25, 0.3) is 0 Å². The van der Waals surface area contributed by atoms with Gasteiger partial charge >= 0.3 is 0 Å². The zero-order valence-corrected chi connectivity index (χ0v) is 32.3. The van der Waals surface area contributed by atoms with Crippen molar-refractivity contribution in [1.29, 1.82) is 0 Å². The van der Waals surface area contributed by atoms with Crippen LogP contribution in [0, 0.1) is 0 Å². The molecule has 1 spiro atoms. The summed E-state index contributed by atoms with van der Waals surface area (Å²) in [7, 11) is 0. The monoisotopic (exact) mass is 727 g/mol. The first kappa shape index (κ1) is 32.5. The molecule has 9 aromatic carbocycles. The van der Waals surface area contributed by atoms with Gasteiger partial charge in [-0.2, -0.15) is 0 Å². The van der Waals surface area contributed by atoms with Crippen molar-refractivity contribution in [2.24, 2.45) is 0 Å². The molecule has 0 aliphatic heterocycles. The Morgan fingerprint density at radius 3 is 1.91 bits per heavy atom. The molecule has 9 aromatic rings. The van der Waals surface area contributed by atoms with Gasteiger partial charge in [-0.05, 0) is 138 Å². The van der Waals surface area contributed by atoms with Crippen molar-refractivity contribution < 1.29 is 0 Å². The standard InChI is InChI=1S/C56H41N/c1-55(2)51-23-9-6-19-47(51)49-21-12-20-45(54(49)55)38-15-11-16-40(33-38)57(41-27-29-44-39(34-41)26-25-36-13-3-5-17-43(36)44)42-28-30-48-46-18-7-10-24-52(46)56(53(48)35-42)32-31-37-14-4-8-22-50(37)56/h3-30,33-35H,31-32H2,1-2H3. The van der Waals surface area contributed by atoms with Crippen LogP contribution in [0.5, 0.6) is 0 Å². The molecule has 0 radical (unpaired) electrons. The van der Waals surface area contributed by atoms with Gasteiger partial charge in [-0.3, -0.25) is 0 Å². The summed E-state index contributed by atoms with van der Waals surface area (Å²) in [6.45, 7) is 4.77. The summed E-state index contributed by atoms with van der Waals surface area (Å²) in [5, 5.41) is 5.07. The SMILES string of the molecule is CC1(C)c2ccccc2-c2cccc(-c3cccc(N(c4ccc5c(c4)C4(CCc6ccccc64)c4ccccc4-5)c4ccc5c(ccc6ccccc65)c4)c3)c21. The van der Waals surface area contributed by atoms with E-state index in [1.165, 1.54) is 94.0 Å². The van der Waals surface area contributed by atoms with Gasteiger partial charge in [-0.25, -0.2) is 0 Å². The second-order valence-corrected chi connectivity index (χ2v) is 16.8. The highest BCUT2D eigenvalue weighted by atomic mass is 15.1. The van der Waals surface area contributed by atoms with Crippen LogP contribution in [0.2, 0.25) is 0 Å². The minimum Gasteiger partial charge on any atom is -0.310 e. The second-order valence-electron chi connectivity index (χ2n) is 16.8. The molecule has 0 N–H and O–H groups in total. The number of hydrogen-bond acceptors (Lipinski definition) is 1. The van der Waals surface area contributed by atoms with Crippen molar-refractivity contribution in [3.63, 3.8) is 0 Å². The Hall–Kier alpha value is -6.70. The fourth-order valence-corrected chi connectivity index (χ4v) is 11.2. The van der Waals surface area contributed by atoms with Crippen LogP contribution < -0.4 is 4.90 Å². The van der Waals surface area contributed by atoms with Crippen molar-refractivity contribution in [2.45, 2.75) is 37.5 Å². The van der Waals surface area contributed by atoms with E-state index in [1.54, 1.807) is 0 Å². The molecule has 3 aliphatic carbocycles. The fraction of sp³-hybridized carbons (Fsp3) is 0.107. The van der Waals surface area contributed by atoms with E-state index in [9.17, 15) is 0 Å². The zero-order valence-electron chi connectivity index (χ0n) is 32.3. The number of aryl methyl sites for hydroxylation is 1. The molecule has 1 unspecified atom stereocenters. The van der Waals surface area contributed by atoms with Crippen LogP contribution >= 0.6 is 0 Å². The Bertz CT molecular complexity index is 3130. The Morgan fingerprint density at radius 2 is 1.02 bits per heavy atom. The maximum absolute atomic E-state index is 2.52. The largest absolute Gasteiger partial charge is 0.310 e. The van der Waals surface area contributed by atoms with Gasteiger partial charge in [0.05, 0.1) is 0 Å². The first-order valence-electron chi connectivity index (χ1n) is 20.4. The topological polar surface area (TPSA) is 3.24 Å². The molecule has 12 rings (SSSR count). The summed E-state index contributed by atoms with van der Waals surface area (Å²) in [5.74, 6) is 0. The quantitative estimate of drug-likeness (QED) is 0.163. The number of fused-ring (bicyclic) bond motifs is 13. The number of anilines is 3. The zero-order chi connectivity index (χ0) is 37.9. The first-order valence-corrected chi connectivity index (χ1v) is 20.4. The maximum atomic E-state index is 2.52. The molecule has 1 atom stereocenters. The van der Waals surface area contributed by atoms with E-state index in [-0.39, 0.29) is 10.8 Å². The Labute approximate surface area is 334 Å². The molecule has 0 saturated heterocycles. The average molecular weight is 728 g/mol. The first-order chi connectivity index (χ1) is 28.0. The summed E-state index contributed by atoms with van der Waals surface area (Å²) in [5.41, 5.74) is 19.7. The molecular formula is C56H41N. The molecule has 1 nitrogen and oxygen atoms in total. The highest BCUT2D eigenvalue weighted by Crippen LogP contribution is 2.59. The van der Waals surface area contributed by atoms with Gasteiger partial charge in [0.1, 0.15) is 0 Å². The van der Waals surface area contributed by atoms with Crippen LogP contribution in [0.1, 0.15) is 53.6 Å². The Balaban J connectivity index is 1.08. The van der Waals surface area contributed by atoms with Crippen LogP contribution in [-0.2, 0) is 17.3 Å². The maximum Gasteiger partial charge on any atom is 0.0470 e. The lowest BCUT2D eigenvalue weighted by atomic mass is 9.73. The minimum atomic E-state index is -0.167. The van der Waals surface area contributed by atoms with Crippen LogP contribution in [0.4, 0.5) is 17.1 Å². The molecule has 270 valence electrons. The van der Waals surface area contributed by atoms with Crippen molar-refractivity contribution in [2.75, 3.05) is 4.90 Å². The van der Waals surface area contributed by atoms with Crippen LogP contribution in [0.25, 0.3) is 54.9 Å². The highest BCUT2D eigenvalue weighted by Gasteiger charge is 2.48. The number of benzene rings is 9. The van der Waals surface area contributed by atoms with Gasteiger partial charge < -0.3 is 4.90 Å². The van der Waals surface area contributed by atoms with Gasteiger partial charge in [-0.15, -0.1) is 0 Å². The van der Waals surface area contributed by atoms with E-state index in [0.717, 1.165) is 24.2 Å². The van der Waals surface area contributed by atoms with E-state index >= 15 is 0 Å². The molecule has 0 amide bonds. The molecule has 0 fully saturated rings. The Morgan fingerprint density at radius 1 is 0.404 bits per heavy atom. The van der Waals surface area contributed by atoms with E-state index < -0.39 is 0 Å². The summed E-state index contributed by atoms with van der Waals surface area (Å²) in [4.78, 5) is 2.50.